The molecule has 1 fully saturated rings. The first-order valence-electron chi connectivity index (χ1n) is 13.8. The number of nitrogens with one attached hydrogen (secondary N) is 1. The zero-order valence-electron chi connectivity index (χ0n) is 23.0. The SMILES string of the molecule is COc1cccc(C(=O)[C@H]2[C@@H](C(=O)c3ccccc3F)[C@@]3(C(=O)Nc4ccccc43)[C@H]3C=C(C)c4ccccc4N23)c1. The molecule has 0 unspecified atom stereocenters. The molecule has 7 rings (SSSR count). The quantitative estimate of drug-likeness (QED) is 0.301. The van der Waals surface area contributed by atoms with Crippen LogP contribution in [0.15, 0.2) is 103 Å². The molecule has 3 heterocycles. The average molecular weight is 559 g/mol. The number of nitrogens with zero attached hydrogens (tertiary/aromatic N) is 1. The highest BCUT2D eigenvalue weighted by molar-refractivity contribution is 6.18. The number of amides is 1. The fraction of sp³-hybridized carbons (Fsp3) is 0.171. The molecule has 0 radical (unpaired) electrons. The van der Waals surface area contributed by atoms with Gasteiger partial charge in [-0.25, -0.2) is 4.39 Å². The molecule has 42 heavy (non-hydrogen) atoms. The Balaban J connectivity index is 1.56. The normalized spacial score (nSPS) is 23.5. The third-order valence-corrected chi connectivity index (χ3v) is 8.93. The van der Waals surface area contributed by atoms with Gasteiger partial charge in [0.05, 0.1) is 24.6 Å². The van der Waals surface area contributed by atoms with E-state index in [1.165, 1.54) is 25.3 Å². The zero-order chi connectivity index (χ0) is 29.2. The molecule has 0 bridgehead atoms. The molecule has 0 saturated carbocycles. The number of ether oxygens (including phenoxy) is 1. The maximum Gasteiger partial charge on any atom is 0.238 e. The topological polar surface area (TPSA) is 75.7 Å². The summed E-state index contributed by atoms with van der Waals surface area (Å²) in [5.74, 6) is -2.81. The van der Waals surface area contributed by atoms with Gasteiger partial charge in [0, 0.05) is 22.5 Å². The molecule has 208 valence electrons. The van der Waals surface area contributed by atoms with Crippen LogP contribution in [-0.4, -0.2) is 36.7 Å². The van der Waals surface area contributed by atoms with E-state index in [4.69, 9.17) is 4.74 Å². The average Bonchev–Trinajstić information content (AvgIpc) is 3.49. The van der Waals surface area contributed by atoms with Gasteiger partial charge >= 0.3 is 0 Å². The lowest BCUT2D eigenvalue weighted by Crippen LogP contribution is -2.51. The van der Waals surface area contributed by atoms with Crippen molar-refractivity contribution in [1.29, 1.82) is 0 Å². The van der Waals surface area contributed by atoms with Gasteiger partial charge in [-0.05, 0) is 54.5 Å². The predicted octanol–water partition coefficient (Wildman–Crippen LogP) is 6.08. The van der Waals surface area contributed by atoms with Crippen molar-refractivity contribution in [3.05, 3.63) is 131 Å². The second-order valence-electron chi connectivity index (χ2n) is 11.0. The number of para-hydroxylation sites is 2. The molecular weight excluding hydrogens is 531 g/mol. The van der Waals surface area contributed by atoms with Gasteiger partial charge < -0.3 is 15.0 Å². The maximum atomic E-state index is 15.3. The maximum absolute atomic E-state index is 15.3. The number of benzene rings is 4. The van der Waals surface area contributed by atoms with E-state index >= 15 is 4.39 Å². The van der Waals surface area contributed by atoms with Crippen molar-refractivity contribution in [2.45, 2.75) is 24.4 Å². The Morgan fingerprint density at radius 1 is 0.905 bits per heavy atom. The summed E-state index contributed by atoms with van der Waals surface area (Å²) in [6.45, 7) is 1.97. The minimum Gasteiger partial charge on any atom is -0.497 e. The van der Waals surface area contributed by atoms with Gasteiger partial charge in [0.1, 0.15) is 23.0 Å². The lowest BCUT2D eigenvalue weighted by atomic mass is 9.64. The van der Waals surface area contributed by atoms with Crippen LogP contribution in [-0.2, 0) is 10.2 Å². The number of anilines is 2. The van der Waals surface area contributed by atoms with Crippen LogP contribution >= 0.6 is 0 Å². The van der Waals surface area contributed by atoms with E-state index in [2.05, 4.69) is 5.32 Å². The van der Waals surface area contributed by atoms with Gasteiger partial charge in [-0.3, -0.25) is 14.4 Å². The van der Waals surface area contributed by atoms with Gasteiger partial charge in [0.15, 0.2) is 11.6 Å². The van der Waals surface area contributed by atoms with Crippen molar-refractivity contribution in [2.75, 3.05) is 17.3 Å². The van der Waals surface area contributed by atoms with E-state index in [1.54, 1.807) is 36.4 Å². The standard InChI is InChI=1S/C35H27FN2O4/c1-20-18-29-35(25-14-5-7-16-27(25)37-34(35)41)30(33(40)24-13-3-6-15-26(24)36)31(38(29)28-17-8-4-12-23(20)28)32(39)21-10-9-11-22(19-21)42-2/h3-19,29-31H,1-2H3,(H,37,41)/t29-,30+,31-,35+/m1/s1. The van der Waals surface area contributed by atoms with E-state index in [9.17, 15) is 14.4 Å². The van der Waals surface area contributed by atoms with E-state index in [0.717, 1.165) is 16.8 Å². The van der Waals surface area contributed by atoms with E-state index in [1.807, 2.05) is 60.4 Å². The fourth-order valence-electron chi connectivity index (χ4n) is 7.16. The van der Waals surface area contributed by atoms with Crippen molar-refractivity contribution in [3.63, 3.8) is 0 Å². The van der Waals surface area contributed by atoms with Crippen molar-refractivity contribution < 1.29 is 23.5 Å². The minimum absolute atomic E-state index is 0.156. The molecule has 7 heteroatoms. The number of rotatable bonds is 5. The summed E-state index contributed by atoms with van der Waals surface area (Å²) < 4.78 is 20.7. The highest BCUT2D eigenvalue weighted by Crippen LogP contribution is 2.59. The molecule has 4 aromatic carbocycles. The molecule has 1 N–H and O–H groups in total. The Morgan fingerprint density at radius 2 is 1.64 bits per heavy atom. The van der Waals surface area contributed by atoms with E-state index in [0.29, 0.717) is 22.6 Å². The molecule has 0 aromatic heterocycles. The summed E-state index contributed by atoms with van der Waals surface area (Å²) in [6.07, 6.45) is 1.98. The van der Waals surface area contributed by atoms with Crippen LogP contribution in [0.5, 0.6) is 5.75 Å². The Hall–Kier alpha value is -5.04. The number of carbonyl (C=O) groups excluding carboxylic acids is 3. The van der Waals surface area contributed by atoms with Crippen molar-refractivity contribution in [3.8, 4) is 5.75 Å². The molecule has 3 aliphatic heterocycles. The Labute approximate surface area is 242 Å². The highest BCUT2D eigenvalue weighted by Gasteiger charge is 2.70. The van der Waals surface area contributed by atoms with Crippen LogP contribution in [0, 0.1) is 11.7 Å². The predicted molar refractivity (Wildman–Crippen MR) is 158 cm³/mol. The fourth-order valence-corrected chi connectivity index (χ4v) is 7.16. The van der Waals surface area contributed by atoms with Gasteiger partial charge in [0.25, 0.3) is 0 Å². The number of methoxy groups -OCH3 is 1. The molecule has 4 atom stereocenters. The molecule has 1 amide bonds. The highest BCUT2D eigenvalue weighted by atomic mass is 19.1. The van der Waals surface area contributed by atoms with Gasteiger partial charge in [-0.2, -0.15) is 0 Å². The molecule has 1 spiro atoms. The molecule has 4 aromatic rings. The van der Waals surface area contributed by atoms with Crippen LogP contribution in [0.25, 0.3) is 5.57 Å². The monoisotopic (exact) mass is 558 g/mol. The van der Waals surface area contributed by atoms with Crippen LogP contribution in [0.4, 0.5) is 15.8 Å². The number of Topliss-reactive ketones (excluding diaryl/α,β-unsaturated/α-hetero) is 2. The third-order valence-electron chi connectivity index (χ3n) is 8.93. The molecular formula is C35H27FN2O4. The molecule has 3 aliphatic rings. The van der Waals surface area contributed by atoms with E-state index in [-0.39, 0.29) is 11.3 Å². The first kappa shape index (κ1) is 25.9. The smallest absolute Gasteiger partial charge is 0.238 e. The van der Waals surface area contributed by atoms with Crippen LogP contribution < -0.4 is 15.0 Å². The van der Waals surface area contributed by atoms with Crippen LogP contribution in [0.1, 0.15) is 38.8 Å². The number of fused-ring (bicyclic) bond motifs is 6. The number of hydrogen-bond acceptors (Lipinski definition) is 5. The Morgan fingerprint density at radius 3 is 2.45 bits per heavy atom. The Kier molecular flexibility index (Phi) is 5.87. The number of ketones is 2. The second kappa shape index (κ2) is 9.52. The van der Waals surface area contributed by atoms with E-state index < -0.39 is 40.9 Å². The Bertz CT molecular complexity index is 1830. The molecule has 6 nitrogen and oxygen atoms in total. The van der Waals surface area contributed by atoms with Gasteiger partial charge in [0.2, 0.25) is 5.91 Å². The lowest BCUT2D eigenvalue weighted by Gasteiger charge is -2.39. The van der Waals surface area contributed by atoms with Crippen LogP contribution in [0.2, 0.25) is 0 Å². The van der Waals surface area contributed by atoms with Gasteiger partial charge in [-0.1, -0.05) is 66.7 Å². The lowest BCUT2D eigenvalue weighted by molar-refractivity contribution is -0.121. The summed E-state index contributed by atoms with van der Waals surface area (Å²) in [5, 5.41) is 3.00. The summed E-state index contributed by atoms with van der Waals surface area (Å²) in [5.41, 5.74) is 2.42. The largest absolute Gasteiger partial charge is 0.497 e. The van der Waals surface area contributed by atoms with Crippen LogP contribution in [0.3, 0.4) is 0 Å². The summed E-state index contributed by atoms with van der Waals surface area (Å²) in [4.78, 5) is 45.8. The summed E-state index contributed by atoms with van der Waals surface area (Å²) in [7, 11) is 1.52. The number of carbonyl (C=O) groups is 3. The molecule has 1 saturated heterocycles. The minimum atomic E-state index is -1.51. The number of allylic oxidation sites excluding steroid dienone is 1. The van der Waals surface area contributed by atoms with Crippen molar-refractivity contribution in [1.82, 2.24) is 0 Å². The summed E-state index contributed by atoms with van der Waals surface area (Å²) in [6, 6.07) is 25.6. The van der Waals surface area contributed by atoms with Crippen molar-refractivity contribution in [2.24, 2.45) is 5.92 Å². The van der Waals surface area contributed by atoms with Crippen molar-refractivity contribution >= 4 is 34.4 Å². The first-order chi connectivity index (χ1) is 20.4. The molecule has 0 aliphatic carbocycles. The second-order valence-corrected chi connectivity index (χ2v) is 11.0. The summed E-state index contributed by atoms with van der Waals surface area (Å²) >= 11 is 0. The number of halogens is 1. The van der Waals surface area contributed by atoms with Gasteiger partial charge in [-0.15, -0.1) is 0 Å². The third kappa shape index (κ3) is 3.46. The number of hydrogen-bond donors (Lipinski definition) is 1. The first-order valence-corrected chi connectivity index (χ1v) is 13.8. The zero-order valence-corrected chi connectivity index (χ0v) is 23.0.